The molecule has 0 aromatic heterocycles. The Morgan fingerprint density at radius 1 is 1.56 bits per heavy atom. The number of carbonyl (C=O) groups excluding carboxylic acids is 1. The lowest BCUT2D eigenvalue weighted by molar-refractivity contribution is 0.0765. The Morgan fingerprint density at radius 2 is 2.31 bits per heavy atom. The minimum Gasteiger partial charge on any atom is -0.391 e. The second-order valence-corrected chi connectivity index (χ2v) is 5.14. The molecule has 1 aromatic carbocycles. The minimum atomic E-state index is -0.404. The molecule has 0 unspecified atom stereocenters. The number of carbonyl (C=O) groups is 1. The highest BCUT2D eigenvalue weighted by Gasteiger charge is 2.26. The standard InChI is InChI=1S/C11H11BrClNO2/c12-7-1-2-9(10(13)5-7)11(16)14-4-3-8(15)6-14/h1-2,5,8,15H,3-4,6H2/t8-/m1/s1. The van der Waals surface area contributed by atoms with E-state index >= 15 is 0 Å². The molecule has 1 saturated heterocycles. The van der Waals surface area contributed by atoms with Crippen molar-refractivity contribution in [1.29, 1.82) is 0 Å². The van der Waals surface area contributed by atoms with Gasteiger partial charge in [0.05, 0.1) is 16.7 Å². The zero-order valence-electron chi connectivity index (χ0n) is 8.49. The molecule has 0 bridgehead atoms. The molecule has 0 spiro atoms. The van der Waals surface area contributed by atoms with Crippen molar-refractivity contribution in [2.45, 2.75) is 12.5 Å². The fourth-order valence-corrected chi connectivity index (χ4v) is 2.51. The van der Waals surface area contributed by atoms with Gasteiger partial charge in [0, 0.05) is 17.6 Å². The number of rotatable bonds is 1. The predicted molar refractivity (Wildman–Crippen MR) is 65.7 cm³/mol. The first-order valence-corrected chi connectivity index (χ1v) is 6.17. The van der Waals surface area contributed by atoms with Crippen LogP contribution in [-0.2, 0) is 0 Å². The van der Waals surface area contributed by atoms with Crippen molar-refractivity contribution >= 4 is 33.4 Å². The maximum Gasteiger partial charge on any atom is 0.255 e. The Balaban J connectivity index is 2.21. The summed E-state index contributed by atoms with van der Waals surface area (Å²) >= 11 is 9.29. The highest BCUT2D eigenvalue weighted by atomic mass is 79.9. The first kappa shape index (κ1) is 11.9. The summed E-state index contributed by atoms with van der Waals surface area (Å²) < 4.78 is 0.843. The fourth-order valence-electron chi connectivity index (χ4n) is 1.76. The van der Waals surface area contributed by atoms with Gasteiger partial charge in [-0.1, -0.05) is 27.5 Å². The van der Waals surface area contributed by atoms with Crippen LogP contribution in [0.25, 0.3) is 0 Å². The van der Waals surface area contributed by atoms with Crippen LogP contribution < -0.4 is 0 Å². The molecule has 1 heterocycles. The predicted octanol–water partition coefficient (Wildman–Crippen LogP) is 2.31. The molecule has 2 rings (SSSR count). The first-order valence-electron chi connectivity index (χ1n) is 5.00. The number of benzene rings is 1. The number of β-amino-alcohol motifs (C(OH)–C–C–N with tert-alkyl or cyclic N) is 1. The number of amides is 1. The highest BCUT2D eigenvalue weighted by Crippen LogP contribution is 2.24. The normalized spacial score (nSPS) is 20.2. The SMILES string of the molecule is O=C(c1ccc(Br)cc1Cl)N1CC[C@@H](O)C1. The third kappa shape index (κ3) is 2.39. The quantitative estimate of drug-likeness (QED) is 0.865. The second-order valence-electron chi connectivity index (χ2n) is 3.82. The van der Waals surface area contributed by atoms with Crippen LogP contribution in [0.3, 0.4) is 0 Å². The van der Waals surface area contributed by atoms with E-state index in [4.69, 9.17) is 11.6 Å². The molecule has 3 nitrogen and oxygen atoms in total. The first-order chi connectivity index (χ1) is 7.58. The molecule has 1 atom stereocenters. The lowest BCUT2D eigenvalue weighted by Crippen LogP contribution is -2.29. The molecule has 1 aliphatic heterocycles. The van der Waals surface area contributed by atoms with E-state index in [9.17, 15) is 9.90 Å². The Labute approximate surface area is 107 Å². The molecule has 0 radical (unpaired) electrons. The second kappa shape index (κ2) is 4.73. The van der Waals surface area contributed by atoms with E-state index in [2.05, 4.69) is 15.9 Å². The zero-order valence-corrected chi connectivity index (χ0v) is 10.8. The number of hydrogen-bond acceptors (Lipinski definition) is 2. The molecule has 0 aliphatic carbocycles. The van der Waals surface area contributed by atoms with Crippen molar-refractivity contribution in [3.05, 3.63) is 33.3 Å². The summed E-state index contributed by atoms with van der Waals surface area (Å²) in [7, 11) is 0. The van der Waals surface area contributed by atoms with Crippen molar-refractivity contribution in [3.63, 3.8) is 0 Å². The van der Waals surface area contributed by atoms with Crippen LogP contribution in [0, 0.1) is 0 Å². The Bertz CT molecular complexity index is 424. The number of halogens is 2. The summed E-state index contributed by atoms with van der Waals surface area (Å²) in [6.07, 6.45) is 0.234. The summed E-state index contributed by atoms with van der Waals surface area (Å²) in [5, 5.41) is 9.81. The number of aliphatic hydroxyl groups is 1. The fraction of sp³-hybridized carbons (Fsp3) is 0.364. The minimum absolute atomic E-state index is 0.117. The maximum atomic E-state index is 12.0. The molecule has 0 saturated carbocycles. The number of likely N-dealkylation sites (tertiary alicyclic amines) is 1. The summed E-state index contributed by atoms with van der Waals surface area (Å²) in [6.45, 7) is 0.984. The van der Waals surface area contributed by atoms with Gasteiger partial charge in [0.25, 0.3) is 5.91 Å². The molecule has 1 fully saturated rings. The van der Waals surface area contributed by atoms with Gasteiger partial charge >= 0.3 is 0 Å². The Kier molecular flexibility index (Phi) is 3.52. The van der Waals surface area contributed by atoms with Crippen LogP contribution in [0.2, 0.25) is 5.02 Å². The van der Waals surface area contributed by atoms with Crippen LogP contribution in [0.15, 0.2) is 22.7 Å². The van der Waals surface area contributed by atoms with Crippen LogP contribution in [0.4, 0.5) is 0 Å². The molecule has 16 heavy (non-hydrogen) atoms. The van der Waals surface area contributed by atoms with Gasteiger partial charge in [-0.3, -0.25) is 4.79 Å². The number of aliphatic hydroxyl groups excluding tert-OH is 1. The third-order valence-electron chi connectivity index (χ3n) is 2.61. The van der Waals surface area contributed by atoms with E-state index in [1.165, 1.54) is 0 Å². The van der Waals surface area contributed by atoms with Gasteiger partial charge in [0.15, 0.2) is 0 Å². The highest BCUT2D eigenvalue weighted by molar-refractivity contribution is 9.10. The van der Waals surface area contributed by atoms with E-state index < -0.39 is 6.10 Å². The largest absolute Gasteiger partial charge is 0.391 e. The van der Waals surface area contributed by atoms with E-state index in [1.54, 1.807) is 23.1 Å². The van der Waals surface area contributed by atoms with E-state index in [0.717, 1.165) is 4.47 Å². The topological polar surface area (TPSA) is 40.5 Å². The van der Waals surface area contributed by atoms with Crippen LogP contribution in [0.1, 0.15) is 16.8 Å². The average molecular weight is 305 g/mol. The van der Waals surface area contributed by atoms with Crippen LogP contribution in [-0.4, -0.2) is 35.1 Å². The molecule has 1 N–H and O–H groups in total. The van der Waals surface area contributed by atoms with Gasteiger partial charge in [0.2, 0.25) is 0 Å². The number of nitrogens with zero attached hydrogens (tertiary/aromatic N) is 1. The van der Waals surface area contributed by atoms with E-state index in [-0.39, 0.29) is 5.91 Å². The molecule has 5 heteroatoms. The summed E-state index contributed by atoms with van der Waals surface area (Å²) in [5.74, 6) is -0.117. The summed E-state index contributed by atoms with van der Waals surface area (Å²) in [4.78, 5) is 13.7. The van der Waals surface area contributed by atoms with E-state index in [0.29, 0.717) is 30.1 Å². The third-order valence-corrected chi connectivity index (χ3v) is 3.42. The molecule has 1 aliphatic rings. The van der Waals surface area contributed by atoms with Crippen molar-refractivity contribution < 1.29 is 9.90 Å². The summed E-state index contributed by atoms with van der Waals surface area (Å²) in [5.41, 5.74) is 0.485. The molecular weight excluding hydrogens is 293 g/mol. The molecular formula is C11H11BrClNO2. The molecule has 86 valence electrons. The molecule has 1 amide bonds. The lowest BCUT2D eigenvalue weighted by Gasteiger charge is -2.16. The average Bonchev–Trinajstić information content (AvgIpc) is 2.64. The van der Waals surface area contributed by atoms with Gasteiger partial charge in [-0.25, -0.2) is 0 Å². The zero-order chi connectivity index (χ0) is 11.7. The Hall–Kier alpha value is -0.580. The van der Waals surface area contributed by atoms with Gasteiger partial charge in [-0.15, -0.1) is 0 Å². The van der Waals surface area contributed by atoms with Crippen molar-refractivity contribution in [2.75, 3.05) is 13.1 Å². The number of hydrogen-bond donors (Lipinski definition) is 1. The van der Waals surface area contributed by atoms with E-state index in [1.807, 2.05) is 0 Å². The van der Waals surface area contributed by atoms with Gasteiger partial charge in [-0.05, 0) is 24.6 Å². The summed E-state index contributed by atoms with van der Waals surface area (Å²) in [6, 6.07) is 5.17. The van der Waals surface area contributed by atoms with Crippen molar-refractivity contribution in [3.8, 4) is 0 Å². The molecule has 1 aromatic rings. The maximum absolute atomic E-state index is 12.0. The van der Waals surface area contributed by atoms with Crippen molar-refractivity contribution in [2.24, 2.45) is 0 Å². The smallest absolute Gasteiger partial charge is 0.255 e. The van der Waals surface area contributed by atoms with Crippen LogP contribution in [0.5, 0.6) is 0 Å². The van der Waals surface area contributed by atoms with Gasteiger partial charge in [0.1, 0.15) is 0 Å². The Morgan fingerprint density at radius 3 is 2.88 bits per heavy atom. The van der Waals surface area contributed by atoms with Crippen LogP contribution >= 0.6 is 27.5 Å². The monoisotopic (exact) mass is 303 g/mol. The van der Waals surface area contributed by atoms with Gasteiger partial charge < -0.3 is 10.0 Å². The van der Waals surface area contributed by atoms with Gasteiger partial charge in [-0.2, -0.15) is 0 Å². The van der Waals surface area contributed by atoms with Crippen molar-refractivity contribution in [1.82, 2.24) is 4.90 Å². The lowest BCUT2D eigenvalue weighted by atomic mass is 10.2.